The second kappa shape index (κ2) is 9.12. The van der Waals surface area contributed by atoms with Gasteiger partial charge in [-0.2, -0.15) is 9.61 Å². The molecule has 0 bridgehead atoms. The monoisotopic (exact) mass is 403 g/mol. The van der Waals surface area contributed by atoms with Gasteiger partial charge in [0.2, 0.25) is 0 Å². The number of anilines is 3. The Balaban J connectivity index is 1.98. The topological polar surface area (TPSA) is 72.7 Å². The van der Waals surface area contributed by atoms with Gasteiger partial charge in [0.25, 0.3) is 0 Å². The molecule has 0 aliphatic heterocycles. The van der Waals surface area contributed by atoms with Crippen LogP contribution < -0.4 is 15.4 Å². The van der Waals surface area contributed by atoms with Crippen LogP contribution >= 0.6 is 11.6 Å². The van der Waals surface area contributed by atoms with E-state index in [-0.39, 0.29) is 6.04 Å². The van der Waals surface area contributed by atoms with Gasteiger partial charge in [-0.25, -0.2) is 4.98 Å². The molecule has 2 N–H and O–H groups in total. The van der Waals surface area contributed by atoms with Crippen molar-refractivity contribution in [3.05, 3.63) is 41.0 Å². The highest BCUT2D eigenvalue weighted by Gasteiger charge is 2.17. The van der Waals surface area contributed by atoms with Crippen molar-refractivity contribution in [2.45, 2.75) is 32.7 Å². The molecule has 150 valence electrons. The molecule has 0 saturated heterocycles. The number of hydrogen-bond donors (Lipinski definition) is 2. The van der Waals surface area contributed by atoms with Crippen molar-refractivity contribution in [1.29, 1.82) is 0 Å². The van der Waals surface area contributed by atoms with Gasteiger partial charge in [0.15, 0.2) is 5.65 Å². The van der Waals surface area contributed by atoms with Gasteiger partial charge < -0.3 is 20.1 Å². The van der Waals surface area contributed by atoms with E-state index in [1.165, 1.54) is 0 Å². The van der Waals surface area contributed by atoms with E-state index in [2.05, 4.69) is 22.7 Å². The minimum Gasteiger partial charge on any atom is -0.497 e. The highest BCUT2D eigenvalue weighted by Crippen LogP contribution is 2.32. The highest BCUT2D eigenvalue weighted by atomic mass is 35.5. The minimum atomic E-state index is 0.181. The van der Waals surface area contributed by atoms with E-state index >= 15 is 0 Å². The Labute approximate surface area is 170 Å². The molecule has 3 aromatic rings. The van der Waals surface area contributed by atoms with Gasteiger partial charge >= 0.3 is 0 Å². The number of nitrogens with one attached hydrogen (secondary N) is 2. The lowest BCUT2D eigenvalue weighted by Crippen LogP contribution is -2.27. The molecule has 3 rings (SSSR count). The summed E-state index contributed by atoms with van der Waals surface area (Å²) in [5.41, 5.74) is 2.45. The number of methoxy groups -OCH3 is 2. The Bertz CT molecular complexity index is 938. The number of fused-ring (bicyclic) bond motifs is 1. The molecule has 0 amide bonds. The van der Waals surface area contributed by atoms with Crippen LogP contribution in [0.5, 0.6) is 5.75 Å². The Morgan fingerprint density at radius 3 is 2.75 bits per heavy atom. The largest absolute Gasteiger partial charge is 0.497 e. The van der Waals surface area contributed by atoms with Crippen molar-refractivity contribution >= 4 is 34.6 Å². The maximum Gasteiger partial charge on any atom is 0.159 e. The molecule has 1 atom stereocenters. The minimum absolute atomic E-state index is 0.181. The van der Waals surface area contributed by atoms with Gasteiger partial charge in [-0.05, 0) is 25.5 Å². The fourth-order valence-corrected chi connectivity index (χ4v) is 3.32. The molecule has 1 aromatic carbocycles. The maximum absolute atomic E-state index is 6.39. The number of aromatic nitrogens is 3. The van der Waals surface area contributed by atoms with Crippen LogP contribution in [0.1, 0.15) is 25.3 Å². The normalized spacial score (nSPS) is 12.2. The average Bonchev–Trinajstić information content (AvgIpc) is 3.15. The first kappa shape index (κ1) is 20.2. The quantitative estimate of drug-likeness (QED) is 0.541. The summed E-state index contributed by atoms with van der Waals surface area (Å²) in [6.07, 6.45) is 3.79. The zero-order valence-corrected chi connectivity index (χ0v) is 17.4. The van der Waals surface area contributed by atoms with E-state index < -0.39 is 0 Å². The first-order valence-electron chi connectivity index (χ1n) is 9.27. The first-order chi connectivity index (χ1) is 13.6. The molecule has 0 radical (unpaired) electrons. The van der Waals surface area contributed by atoms with Gasteiger partial charge in [0.05, 0.1) is 36.7 Å². The third kappa shape index (κ3) is 4.31. The Morgan fingerprint density at radius 1 is 1.25 bits per heavy atom. The van der Waals surface area contributed by atoms with Crippen LogP contribution in [0.4, 0.5) is 17.3 Å². The molecule has 8 heteroatoms. The second-order valence-corrected chi connectivity index (χ2v) is 7.00. The van der Waals surface area contributed by atoms with Crippen molar-refractivity contribution in [1.82, 2.24) is 14.6 Å². The lowest BCUT2D eigenvalue weighted by molar-refractivity contribution is 0.182. The molecule has 7 nitrogen and oxygen atoms in total. The fourth-order valence-electron chi connectivity index (χ4n) is 3.11. The van der Waals surface area contributed by atoms with E-state index in [9.17, 15) is 0 Å². The highest BCUT2D eigenvalue weighted by molar-refractivity contribution is 6.33. The molecule has 28 heavy (non-hydrogen) atoms. The zero-order valence-electron chi connectivity index (χ0n) is 16.6. The van der Waals surface area contributed by atoms with Gasteiger partial charge in [-0.1, -0.05) is 24.9 Å². The second-order valence-electron chi connectivity index (χ2n) is 6.59. The average molecular weight is 404 g/mol. The third-order valence-electron chi connectivity index (χ3n) is 4.55. The van der Waals surface area contributed by atoms with Crippen LogP contribution in [0.25, 0.3) is 5.65 Å². The SMILES string of the molecule is CCCC(COC)Nc1c(C)c(Nc2ccc(OC)cc2Cl)nc2ccnn12. The van der Waals surface area contributed by atoms with E-state index in [1.807, 2.05) is 29.6 Å². The predicted molar refractivity (Wildman–Crippen MR) is 113 cm³/mol. The van der Waals surface area contributed by atoms with Gasteiger partial charge in [-0.3, -0.25) is 0 Å². The van der Waals surface area contributed by atoms with Crippen LogP contribution in [0.2, 0.25) is 5.02 Å². The number of nitrogens with zero attached hydrogens (tertiary/aromatic N) is 3. The van der Waals surface area contributed by atoms with Crippen LogP contribution in [-0.4, -0.2) is 41.5 Å². The molecule has 0 fully saturated rings. The summed E-state index contributed by atoms with van der Waals surface area (Å²) in [7, 11) is 3.33. The van der Waals surface area contributed by atoms with Gasteiger partial charge in [0, 0.05) is 24.8 Å². The Hall–Kier alpha value is -2.51. The third-order valence-corrected chi connectivity index (χ3v) is 4.86. The number of halogens is 1. The van der Waals surface area contributed by atoms with Crippen molar-refractivity contribution < 1.29 is 9.47 Å². The van der Waals surface area contributed by atoms with Crippen molar-refractivity contribution in [2.24, 2.45) is 0 Å². The van der Waals surface area contributed by atoms with Crippen LogP contribution in [0.3, 0.4) is 0 Å². The maximum atomic E-state index is 6.39. The molecular formula is C20H26ClN5O2. The van der Waals surface area contributed by atoms with E-state index in [0.717, 1.165) is 41.4 Å². The number of hydrogen-bond acceptors (Lipinski definition) is 6. The predicted octanol–water partition coefficient (Wildman–Crippen LogP) is 4.67. The Kier molecular flexibility index (Phi) is 6.59. The smallest absolute Gasteiger partial charge is 0.159 e. The van der Waals surface area contributed by atoms with Crippen molar-refractivity contribution in [2.75, 3.05) is 31.5 Å². The number of benzene rings is 1. The molecule has 0 spiro atoms. The lowest BCUT2D eigenvalue weighted by atomic mass is 10.1. The summed E-state index contributed by atoms with van der Waals surface area (Å²) in [6, 6.07) is 7.56. The molecule has 0 aliphatic rings. The lowest BCUT2D eigenvalue weighted by Gasteiger charge is -2.22. The molecule has 1 unspecified atom stereocenters. The summed E-state index contributed by atoms with van der Waals surface area (Å²) >= 11 is 6.39. The summed E-state index contributed by atoms with van der Waals surface area (Å²) in [4.78, 5) is 4.70. The molecule has 2 heterocycles. The van der Waals surface area contributed by atoms with Gasteiger partial charge in [0.1, 0.15) is 17.4 Å². The standard InChI is InChI=1S/C20H26ClN5O2/c1-5-6-14(12-27-3)23-20-13(2)19(25-18-9-10-22-26(18)20)24-17-8-7-15(28-4)11-16(17)21/h7-11,14,23H,5-6,12H2,1-4H3,(H,24,25). The van der Waals surface area contributed by atoms with E-state index in [4.69, 9.17) is 26.1 Å². The summed E-state index contributed by atoms with van der Waals surface area (Å²) in [5.74, 6) is 2.31. The molecular weight excluding hydrogens is 378 g/mol. The molecule has 0 aliphatic carbocycles. The molecule has 0 saturated carbocycles. The van der Waals surface area contributed by atoms with E-state index in [0.29, 0.717) is 17.4 Å². The van der Waals surface area contributed by atoms with Crippen molar-refractivity contribution in [3.63, 3.8) is 0 Å². The number of rotatable bonds is 9. The van der Waals surface area contributed by atoms with Crippen LogP contribution in [0, 0.1) is 6.92 Å². The zero-order chi connectivity index (χ0) is 20.1. The van der Waals surface area contributed by atoms with Crippen LogP contribution in [0.15, 0.2) is 30.5 Å². The van der Waals surface area contributed by atoms with Gasteiger partial charge in [-0.15, -0.1) is 0 Å². The van der Waals surface area contributed by atoms with E-state index in [1.54, 1.807) is 26.5 Å². The molecule has 2 aromatic heterocycles. The fraction of sp³-hybridized carbons (Fsp3) is 0.400. The summed E-state index contributed by atoms with van der Waals surface area (Å²) < 4.78 is 12.4. The van der Waals surface area contributed by atoms with Crippen molar-refractivity contribution in [3.8, 4) is 5.75 Å². The first-order valence-corrected chi connectivity index (χ1v) is 9.65. The summed E-state index contributed by atoms with van der Waals surface area (Å²) in [6.45, 7) is 4.78. The Morgan fingerprint density at radius 2 is 2.07 bits per heavy atom. The van der Waals surface area contributed by atoms with Crippen LogP contribution in [-0.2, 0) is 4.74 Å². The number of ether oxygens (including phenoxy) is 2. The summed E-state index contributed by atoms with van der Waals surface area (Å²) in [5, 5.41) is 11.9.